The number of rotatable bonds is 2. The maximum absolute atomic E-state index is 12.4. The van der Waals surface area contributed by atoms with E-state index in [9.17, 15) is 9.90 Å². The Morgan fingerprint density at radius 3 is 2.62 bits per heavy atom. The van der Waals surface area contributed by atoms with Crippen LogP contribution in [0.15, 0.2) is 20.4 Å². The maximum Gasteiger partial charge on any atom is 0.339 e. The van der Waals surface area contributed by atoms with Gasteiger partial charge in [0, 0.05) is 24.0 Å². The van der Waals surface area contributed by atoms with Crippen molar-refractivity contribution in [3.05, 3.63) is 38.7 Å². The average Bonchev–Trinajstić information content (AvgIpc) is 3.10. The van der Waals surface area contributed by atoms with E-state index in [1.54, 1.807) is 6.21 Å². The Morgan fingerprint density at radius 2 is 1.88 bits per heavy atom. The van der Waals surface area contributed by atoms with Crippen molar-refractivity contribution in [3.8, 4) is 5.75 Å². The standard InChI is InChI=1S/C19H22N2O3/c1-12-10-15-13-6-2-3-7-14(13)19(23)24-18(15)16(17(12)22)11-20-21-8-4-5-9-21/h10-11,22H,2-9H2,1H3/b20-11+. The molecule has 0 unspecified atom stereocenters. The number of hydrazone groups is 1. The molecule has 1 aromatic carbocycles. The van der Waals surface area contributed by atoms with E-state index < -0.39 is 0 Å². The minimum Gasteiger partial charge on any atom is -0.507 e. The fourth-order valence-electron chi connectivity index (χ4n) is 3.81. The lowest BCUT2D eigenvalue weighted by molar-refractivity contribution is 0.362. The Balaban J connectivity index is 1.93. The van der Waals surface area contributed by atoms with E-state index in [1.807, 2.05) is 18.0 Å². The molecule has 0 atom stereocenters. The number of aromatic hydroxyl groups is 1. The van der Waals surface area contributed by atoms with Gasteiger partial charge in [-0.05, 0) is 62.6 Å². The molecule has 1 aliphatic carbocycles. The number of aryl methyl sites for hydroxylation is 2. The Hall–Kier alpha value is -2.30. The Morgan fingerprint density at radius 1 is 1.17 bits per heavy atom. The molecule has 0 amide bonds. The van der Waals surface area contributed by atoms with Gasteiger partial charge in [0.05, 0.1) is 11.8 Å². The van der Waals surface area contributed by atoms with Crippen LogP contribution in [0, 0.1) is 6.92 Å². The first-order valence-corrected chi connectivity index (χ1v) is 8.75. The highest BCUT2D eigenvalue weighted by Crippen LogP contribution is 2.34. The van der Waals surface area contributed by atoms with Crippen molar-refractivity contribution in [2.75, 3.05) is 13.1 Å². The molecule has 2 aromatic rings. The molecule has 4 rings (SSSR count). The number of hydrogen-bond donors (Lipinski definition) is 1. The van der Waals surface area contributed by atoms with Crippen molar-refractivity contribution in [2.24, 2.45) is 5.10 Å². The zero-order valence-corrected chi connectivity index (χ0v) is 14.0. The summed E-state index contributed by atoms with van der Waals surface area (Å²) < 4.78 is 5.62. The number of nitrogens with zero attached hydrogens (tertiary/aromatic N) is 2. The third-order valence-corrected chi connectivity index (χ3v) is 5.15. The second kappa shape index (κ2) is 5.96. The van der Waals surface area contributed by atoms with Crippen LogP contribution >= 0.6 is 0 Å². The molecular weight excluding hydrogens is 304 g/mol. The normalized spacial score (nSPS) is 17.8. The molecule has 1 aromatic heterocycles. The van der Waals surface area contributed by atoms with Crippen LogP contribution in [-0.4, -0.2) is 29.4 Å². The van der Waals surface area contributed by atoms with Gasteiger partial charge in [-0.1, -0.05) is 0 Å². The summed E-state index contributed by atoms with van der Waals surface area (Å²) >= 11 is 0. The Kier molecular flexibility index (Phi) is 3.79. The fraction of sp³-hybridized carbons (Fsp3) is 0.474. The molecule has 2 aliphatic rings. The van der Waals surface area contributed by atoms with Gasteiger partial charge in [-0.15, -0.1) is 0 Å². The first-order valence-electron chi connectivity index (χ1n) is 8.75. The molecule has 1 aliphatic heterocycles. The first kappa shape index (κ1) is 15.2. The molecule has 2 heterocycles. The van der Waals surface area contributed by atoms with Gasteiger partial charge in [-0.3, -0.25) is 5.01 Å². The lowest BCUT2D eigenvalue weighted by atomic mass is 9.89. The zero-order chi connectivity index (χ0) is 16.7. The van der Waals surface area contributed by atoms with Crippen LogP contribution in [-0.2, 0) is 12.8 Å². The molecule has 5 nitrogen and oxygen atoms in total. The van der Waals surface area contributed by atoms with Crippen LogP contribution in [0.2, 0.25) is 0 Å². The van der Waals surface area contributed by atoms with Gasteiger partial charge in [-0.2, -0.15) is 5.10 Å². The molecule has 1 saturated heterocycles. The van der Waals surface area contributed by atoms with Gasteiger partial charge in [0.15, 0.2) is 5.58 Å². The lowest BCUT2D eigenvalue weighted by Gasteiger charge is -2.18. The second-order valence-electron chi connectivity index (χ2n) is 6.79. The third kappa shape index (κ3) is 2.48. The monoisotopic (exact) mass is 326 g/mol. The molecule has 5 heteroatoms. The van der Waals surface area contributed by atoms with Crippen molar-refractivity contribution in [3.63, 3.8) is 0 Å². The average molecular weight is 326 g/mol. The highest BCUT2D eigenvalue weighted by molar-refractivity contribution is 6.01. The molecule has 24 heavy (non-hydrogen) atoms. The first-order chi connectivity index (χ1) is 11.6. The number of phenolic OH excluding ortho intramolecular Hbond substituents is 1. The van der Waals surface area contributed by atoms with E-state index >= 15 is 0 Å². The minimum atomic E-state index is -0.267. The van der Waals surface area contributed by atoms with Crippen molar-refractivity contribution >= 4 is 17.2 Å². The van der Waals surface area contributed by atoms with Gasteiger partial charge in [0.25, 0.3) is 0 Å². The summed E-state index contributed by atoms with van der Waals surface area (Å²) in [7, 11) is 0. The van der Waals surface area contributed by atoms with E-state index in [-0.39, 0.29) is 11.4 Å². The second-order valence-corrected chi connectivity index (χ2v) is 6.79. The molecular formula is C19H22N2O3. The SMILES string of the molecule is Cc1cc2c3c(c(=O)oc2c(/C=N/N2CCCC2)c1O)CCCC3. The molecule has 0 saturated carbocycles. The Bertz CT molecular complexity index is 877. The lowest BCUT2D eigenvalue weighted by Crippen LogP contribution is -2.16. The largest absolute Gasteiger partial charge is 0.507 e. The third-order valence-electron chi connectivity index (χ3n) is 5.15. The van der Waals surface area contributed by atoms with Crippen molar-refractivity contribution in [2.45, 2.75) is 45.4 Å². The molecule has 0 spiro atoms. The maximum atomic E-state index is 12.4. The molecule has 0 bridgehead atoms. The molecule has 1 N–H and O–H groups in total. The molecule has 126 valence electrons. The quantitative estimate of drug-likeness (QED) is 0.680. The topological polar surface area (TPSA) is 66.0 Å². The van der Waals surface area contributed by atoms with Crippen LogP contribution in [0.3, 0.4) is 0 Å². The van der Waals surface area contributed by atoms with Crippen molar-refractivity contribution in [1.82, 2.24) is 5.01 Å². The minimum absolute atomic E-state index is 0.143. The fourth-order valence-corrected chi connectivity index (χ4v) is 3.81. The van der Waals surface area contributed by atoms with Crippen molar-refractivity contribution < 1.29 is 9.52 Å². The number of phenols is 1. The number of hydrogen-bond acceptors (Lipinski definition) is 5. The molecule has 0 radical (unpaired) electrons. The van der Waals surface area contributed by atoms with Crippen LogP contribution in [0.4, 0.5) is 0 Å². The summed E-state index contributed by atoms with van der Waals surface area (Å²) in [6, 6.07) is 1.94. The van der Waals surface area contributed by atoms with Gasteiger partial charge >= 0.3 is 5.63 Å². The van der Waals surface area contributed by atoms with Gasteiger partial charge in [-0.25, -0.2) is 4.79 Å². The van der Waals surface area contributed by atoms with Crippen LogP contribution in [0.1, 0.15) is 47.9 Å². The highest BCUT2D eigenvalue weighted by Gasteiger charge is 2.21. The zero-order valence-electron chi connectivity index (χ0n) is 14.0. The van der Waals surface area contributed by atoms with Crippen molar-refractivity contribution in [1.29, 1.82) is 0 Å². The van der Waals surface area contributed by atoms with Crippen LogP contribution in [0.25, 0.3) is 11.0 Å². The van der Waals surface area contributed by atoms with Gasteiger partial charge < -0.3 is 9.52 Å². The Labute approximate surface area is 140 Å². The predicted molar refractivity (Wildman–Crippen MR) is 93.9 cm³/mol. The summed E-state index contributed by atoms with van der Waals surface area (Å²) in [6.07, 6.45) is 7.72. The number of benzene rings is 1. The summed E-state index contributed by atoms with van der Waals surface area (Å²) in [4.78, 5) is 12.4. The van der Waals surface area contributed by atoms with E-state index in [4.69, 9.17) is 4.42 Å². The highest BCUT2D eigenvalue weighted by atomic mass is 16.4. The summed E-state index contributed by atoms with van der Waals surface area (Å²) in [5.74, 6) is 0.143. The smallest absolute Gasteiger partial charge is 0.339 e. The van der Waals surface area contributed by atoms with Crippen LogP contribution in [0.5, 0.6) is 5.75 Å². The summed E-state index contributed by atoms with van der Waals surface area (Å²) in [6.45, 7) is 3.74. The van der Waals surface area contributed by atoms with Gasteiger partial charge in [0.1, 0.15) is 5.75 Å². The van der Waals surface area contributed by atoms with E-state index in [0.717, 1.165) is 73.7 Å². The predicted octanol–water partition coefficient (Wildman–Crippen LogP) is 3.12. The van der Waals surface area contributed by atoms with Gasteiger partial charge in [0.2, 0.25) is 0 Å². The molecule has 1 fully saturated rings. The number of fused-ring (bicyclic) bond motifs is 3. The van der Waals surface area contributed by atoms with Crippen LogP contribution < -0.4 is 5.63 Å². The summed E-state index contributed by atoms with van der Waals surface area (Å²) in [5.41, 5.74) is 3.39. The summed E-state index contributed by atoms with van der Waals surface area (Å²) in [5, 5.41) is 17.9. The van der Waals surface area contributed by atoms with E-state index in [2.05, 4.69) is 5.10 Å². The van der Waals surface area contributed by atoms with E-state index in [1.165, 1.54) is 0 Å². The van der Waals surface area contributed by atoms with E-state index in [0.29, 0.717) is 11.1 Å².